The molecule has 2 amide bonds. The summed E-state index contributed by atoms with van der Waals surface area (Å²) >= 11 is 0. The number of benzene rings is 2. The third-order valence-corrected chi connectivity index (χ3v) is 4.44. The zero-order valence-corrected chi connectivity index (χ0v) is 14.7. The van der Waals surface area contributed by atoms with Gasteiger partial charge in [-0.25, -0.2) is 4.39 Å². The number of nitrogens with one attached hydrogen (secondary N) is 2. The van der Waals surface area contributed by atoms with Gasteiger partial charge in [-0.05, 0) is 37.6 Å². The Morgan fingerprint density at radius 1 is 1.19 bits per heavy atom. The third-order valence-electron chi connectivity index (χ3n) is 4.44. The van der Waals surface area contributed by atoms with Crippen LogP contribution in [0.4, 0.5) is 10.1 Å². The standard InChI is InChI=1S/C19H19FN2O4/c1-10-11(5-7-15(25-2)17(10)26-3)19(24)22-14-6-4-13-12(16(14)20)8-9-21-18(13)23/h4-7H,8-9H2,1-3H3,(H,21,23)(H,22,24). The molecular formula is C19H19FN2O4. The molecule has 136 valence electrons. The molecule has 0 unspecified atom stereocenters. The lowest BCUT2D eigenvalue weighted by Crippen LogP contribution is -2.32. The van der Waals surface area contributed by atoms with Crippen LogP contribution in [0.2, 0.25) is 0 Å². The molecule has 2 aromatic rings. The van der Waals surface area contributed by atoms with E-state index < -0.39 is 11.7 Å². The van der Waals surface area contributed by atoms with Crippen LogP contribution in [0.1, 0.15) is 31.8 Å². The van der Waals surface area contributed by atoms with Gasteiger partial charge in [0.1, 0.15) is 0 Å². The number of methoxy groups -OCH3 is 2. The first-order valence-electron chi connectivity index (χ1n) is 8.10. The first-order valence-corrected chi connectivity index (χ1v) is 8.10. The quantitative estimate of drug-likeness (QED) is 0.881. The normalized spacial score (nSPS) is 12.8. The Bertz CT molecular complexity index is 896. The summed E-state index contributed by atoms with van der Waals surface area (Å²) in [4.78, 5) is 24.4. The Morgan fingerprint density at radius 2 is 1.96 bits per heavy atom. The van der Waals surface area contributed by atoms with Crippen LogP contribution in [0.15, 0.2) is 24.3 Å². The smallest absolute Gasteiger partial charge is 0.256 e. The molecule has 0 atom stereocenters. The number of halogens is 1. The van der Waals surface area contributed by atoms with E-state index in [9.17, 15) is 14.0 Å². The zero-order chi connectivity index (χ0) is 18.8. The van der Waals surface area contributed by atoms with E-state index in [1.807, 2.05) is 0 Å². The number of anilines is 1. The number of hydrogen-bond donors (Lipinski definition) is 2. The highest BCUT2D eigenvalue weighted by Crippen LogP contribution is 2.33. The molecule has 2 aromatic carbocycles. The molecule has 7 heteroatoms. The summed E-state index contributed by atoms with van der Waals surface area (Å²) in [5.74, 6) is -0.402. The molecule has 0 fully saturated rings. The highest BCUT2D eigenvalue weighted by atomic mass is 19.1. The van der Waals surface area contributed by atoms with Crippen molar-refractivity contribution in [3.8, 4) is 11.5 Å². The predicted octanol–water partition coefficient (Wildman–Crippen LogP) is 2.69. The molecule has 26 heavy (non-hydrogen) atoms. The van der Waals surface area contributed by atoms with E-state index in [1.54, 1.807) is 19.1 Å². The topological polar surface area (TPSA) is 76.7 Å². The number of carbonyl (C=O) groups is 2. The van der Waals surface area contributed by atoms with Gasteiger partial charge in [-0.3, -0.25) is 9.59 Å². The molecule has 0 saturated carbocycles. The first kappa shape index (κ1) is 17.7. The van der Waals surface area contributed by atoms with Crippen LogP contribution in [0.5, 0.6) is 11.5 Å². The fourth-order valence-electron chi connectivity index (χ4n) is 3.09. The highest BCUT2D eigenvalue weighted by molar-refractivity contribution is 6.06. The van der Waals surface area contributed by atoms with Crippen molar-refractivity contribution in [1.82, 2.24) is 5.32 Å². The highest BCUT2D eigenvalue weighted by Gasteiger charge is 2.23. The van der Waals surface area contributed by atoms with Gasteiger partial charge in [-0.15, -0.1) is 0 Å². The summed E-state index contributed by atoms with van der Waals surface area (Å²) in [6.07, 6.45) is 0.381. The first-order chi connectivity index (χ1) is 12.5. The van der Waals surface area contributed by atoms with Crippen LogP contribution in [0, 0.1) is 12.7 Å². The van der Waals surface area contributed by atoms with Gasteiger partial charge in [0.25, 0.3) is 11.8 Å². The van der Waals surface area contributed by atoms with E-state index in [2.05, 4.69) is 10.6 Å². The second kappa shape index (κ2) is 7.03. The maximum absolute atomic E-state index is 14.7. The molecule has 2 N–H and O–H groups in total. The van der Waals surface area contributed by atoms with E-state index in [4.69, 9.17) is 9.47 Å². The van der Waals surface area contributed by atoms with Crippen LogP contribution in [0.25, 0.3) is 0 Å². The number of ether oxygens (including phenoxy) is 2. The molecule has 1 heterocycles. The van der Waals surface area contributed by atoms with Gasteiger partial charge in [0.15, 0.2) is 17.3 Å². The Hall–Kier alpha value is -3.09. The molecule has 1 aliphatic rings. The fraction of sp³-hybridized carbons (Fsp3) is 0.263. The molecule has 6 nitrogen and oxygen atoms in total. The SMILES string of the molecule is COc1ccc(C(=O)Nc2ccc3c(c2F)CCNC3=O)c(C)c1OC. The zero-order valence-electron chi connectivity index (χ0n) is 14.7. The predicted molar refractivity (Wildman–Crippen MR) is 94.7 cm³/mol. The fourth-order valence-corrected chi connectivity index (χ4v) is 3.09. The average molecular weight is 358 g/mol. The van der Waals surface area contributed by atoms with Crippen molar-refractivity contribution in [2.24, 2.45) is 0 Å². The molecule has 1 aliphatic heterocycles. The van der Waals surface area contributed by atoms with Gasteiger partial charge in [0.05, 0.1) is 19.9 Å². The summed E-state index contributed by atoms with van der Waals surface area (Å²) in [5.41, 5.74) is 1.59. The minimum absolute atomic E-state index is 0.0395. The Kier molecular flexibility index (Phi) is 4.79. The second-order valence-electron chi connectivity index (χ2n) is 5.89. The van der Waals surface area contributed by atoms with E-state index in [1.165, 1.54) is 26.4 Å². The summed E-state index contributed by atoms with van der Waals surface area (Å²) in [6.45, 7) is 2.10. The van der Waals surface area contributed by atoms with Gasteiger partial charge in [0.2, 0.25) is 0 Å². The van der Waals surface area contributed by atoms with Crippen molar-refractivity contribution in [1.29, 1.82) is 0 Å². The molecule has 3 rings (SSSR count). The molecule has 0 saturated heterocycles. The molecule has 0 aromatic heterocycles. The monoisotopic (exact) mass is 358 g/mol. The van der Waals surface area contributed by atoms with Crippen molar-refractivity contribution >= 4 is 17.5 Å². The van der Waals surface area contributed by atoms with E-state index in [-0.39, 0.29) is 11.6 Å². The lowest BCUT2D eigenvalue weighted by atomic mass is 9.98. The number of fused-ring (bicyclic) bond motifs is 1. The van der Waals surface area contributed by atoms with E-state index in [0.717, 1.165) is 0 Å². The molecule has 0 bridgehead atoms. The van der Waals surface area contributed by atoms with Crippen LogP contribution < -0.4 is 20.1 Å². The van der Waals surface area contributed by atoms with Crippen molar-refractivity contribution in [3.05, 3.63) is 52.3 Å². The van der Waals surface area contributed by atoms with Crippen LogP contribution >= 0.6 is 0 Å². The van der Waals surface area contributed by atoms with Gasteiger partial charge in [-0.1, -0.05) is 0 Å². The van der Waals surface area contributed by atoms with Crippen molar-refractivity contribution in [2.45, 2.75) is 13.3 Å². The van der Waals surface area contributed by atoms with E-state index >= 15 is 0 Å². The molecule has 0 spiro atoms. The largest absolute Gasteiger partial charge is 0.493 e. The molecule has 0 aliphatic carbocycles. The van der Waals surface area contributed by atoms with Crippen LogP contribution in [-0.2, 0) is 6.42 Å². The van der Waals surface area contributed by atoms with Crippen molar-refractivity contribution < 1.29 is 23.5 Å². The lowest BCUT2D eigenvalue weighted by molar-refractivity contribution is 0.0944. The average Bonchev–Trinajstić information content (AvgIpc) is 2.64. The van der Waals surface area contributed by atoms with Crippen LogP contribution in [-0.4, -0.2) is 32.6 Å². The van der Waals surface area contributed by atoms with Gasteiger partial charge < -0.3 is 20.1 Å². The van der Waals surface area contributed by atoms with Crippen molar-refractivity contribution in [3.63, 3.8) is 0 Å². The van der Waals surface area contributed by atoms with Gasteiger partial charge in [0, 0.05) is 28.8 Å². The van der Waals surface area contributed by atoms with Crippen molar-refractivity contribution in [2.75, 3.05) is 26.1 Å². The van der Waals surface area contributed by atoms with Gasteiger partial charge >= 0.3 is 0 Å². The number of amides is 2. The number of carbonyl (C=O) groups excluding carboxylic acids is 2. The third kappa shape index (κ3) is 2.96. The molecular weight excluding hydrogens is 339 g/mol. The maximum atomic E-state index is 14.7. The summed E-state index contributed by atoms with van der Waals surface area (Å²) in [5, 5.41) is 5.24. The summed E-state index contributed by atoms with van der Waals surface area (Å²) in [7, 11) is 3.00. The minimum Gasteiger partial charge on any atom is -0.493 e. The number of hydrogen-bond acceptors (Lipinski definition) is 4. The Morgan fingerprint density at radius 3 is 2.65 bits per heavy atom. The summed E-state index contributed by atoms with van der Waals surface area (Å²) < 4.78 is 25.2. The van der Waals surface area contributed by atoms with Crippen LogP contribution in [0.3, 0.4) is 0 Å². The lowest BCUT2D eigenvalue weighted by Gasteiger charge is -2.19. The maximum Gasteiger partial charge on any atom is 0.256 e. The number of rotatable bonds is 4. The molecule has 0 radical (unpaired) electrons. The van der Waals surface area contributed by atoms with Gasteiger partial charge in [-0.2, -0.15) is 0 Å². The Labute approximate surface area is 150 Å². The summed E-state index contributed by atoms with van der Waals surface area (Å²) in [6, 6.07) is 6.13. The second-order valence-corrected chi connectivity index (χ2v) is 5.89. The Balaban J connectivity index is 1.93. The van der Waals surface area contributed by atoms with E-state index in [0.29, 0.717) is 46.7 Å². The minimum atomic E-state index is -0.580.